The fourth-order valence-corrected chi connectivity index (χ4v) is 4.70. The zero-order valence-electron chi connectivity index (χ0n) is 17.3. The first-order valence-electron chi connectivity index (χ1n) is 10.7. The van der Waals surface area contributed by atoms with E-state index in [2.05, 4.69) is 59.6 Å². The maximum Gasteiger partial charge on any atom is 0.347 e. The summed E-state index contributed by atoms with van der Waals surface area (Å²) in [5, 5.41) is 7.61. The molecule has 0 atom stereocenters. The van der Waals surface area contributed by atoms with E-state index < -0.39 is 0 Å². The highest BCUT2D eigenvalue weighted by atomic mass is 16.1. The van der Waals surface area contributed by atoms with Gasteiger partial charge in [0.1, 0.15) is 0 Å². The molecule has 3 aromatic heterocycles. The second-order valence-electron chi connectivity index (χ2n) is 8.71. The van der Waals surface area contributed by atoms with Crippen LogP contribution in [-0.4, -0.2) is 19.6 Å². The first-order chi connectivity index (χ1) is 15.1. The van der Waals surface area contributed by atoms with Crippen LogP contribution in [0.2, 0.25) is 0 Å². The lowest BCUT2D eigenvalue weighted by Crippen LogP contribution is -2.30. The largest absolute Gasteiger partial charge is 0.347 e. The van der Waals surface area contributed by atoms with Gasteiger partial charge in [-0.15, -0.1) is 0 Å². The molecule has 0 aliphatic heterocycles. The average Bonchev–Trinajstić information content (AvgIpc) is 3.18. The van der Waals surface area contributed by atoms with E-state index in [4.69, 9.17) is 4.98 Å². The van der Waals surface area contributed by atoms with Crippen LogP contribution in [0.25, 0.3) is 38.9 Å². The highest BCUT2D eigenvalue weighted by Gasteiger charge is 2.33. The third kappa shape index (κ3) is 2.81. The monoisotopic (exact) mass is 406 g/mol. The van der Waals surface area contributed by atoms with E-state index in [0.29, 0.717) is 11.1 Å². The number of fused-ring (bicyclic) bond motifs is 3. The van der Waals surface area contributed by atoms with E-state index in [1.54, 1.807) is 6.20 Å². The minimum atomic E-state index is -0.248. The molecule has 152 valence electrons. The minimum absolute atomic E-state index is 0.248. The number of aromatic nitrogens is 4. The molecule has 5 nitrogen and oxygen atoms in total. The Kier molecular flexibility index (Phi) is 3.87. The molecule has 2 aromatic carbocycles. The number of H-pyrrole nitrogens is 1. The second kappa shape index (κ2) is 6.64. The zero-order chi connectivity index (χ0) is 21.0. The van der Waals surface area contributed by atoms with Crippen molar-refractivity contribution in [3.63, 3.8) is 0 Å². The number of hydrogen-bond donors (Lipinski definition) is 1. The third-order valence-corrected chi connectivity index (χ3v) is 6.78. The van der Waals surface area contributed by atoms with Crippen LogP contribution in [0, 0.1) is 0 Å². The number of aromatic amines is 1. The SMILES string of the molecule is CC1(c2ccc(-c3nc4ccn5c(=O)[nH]nc5c4cc3-c3ccccc3)cc2)CCC1. The normalized spacial score (nSPS) is 15.3. The Morgan fingerprint density at radius 3 is 2.45 bits per heavy atom. The van der Waals surface area contributed by atoms with Gasteiger partial charge in [-0.1, -0.05) is 67.9 Å². The molecule has 1 aliphatic rings. The molecule has 5 heteroatoms. The Balaban J connectivity index is 1.59. The Bertz CT molecular complexity index is 1480. The molecule has 0 bridgehead atoms. The van der Waals surface area contributed by atoms with Crippen LogP contribution in [0.4, 0.5) is 0 Å². The van der Waals surface area contributed by atoms with Gasteiger partial charge in [-0.25, -0.2) is 19.3 Å². The molecule has 6 rings (SSSR count). The topological polar surface area (TPSA) is 63.1 Å². The van der Waals surface area contributed by atoms with Crippen LogP contribution in [0.3, 0.4) is 0 Å². The fraction of sp³-hybridized carbons (Fsp3) is 0.192. The van der Waals surface area contributed by atoms with Gasteiger partial charge < -0.3 is 0 Å². The lowest BCUT2D eigenvalue weighted by molar-refractivity contribution is 0.272. The van der Waals surface area contributed by atoms with Gasteiger partial charge in [0.15, 0.2) is 5.65 Å². The lowest BCUT2D eigenvalue weighted by atomic mass is 9.66. The molecular formula is C26H22N4O. The van der Waals surface area contributed by atoms with Gasteiger partial charge in [-0.2, -0.15) is 5.10 Å². The average molecular weight is 406 g/mol. The molecule has 0 unspecified atom stereocenters. The van der Waals surface area contributed by atoms with Gasteiger partial charge in [-0.3, -0.25) is 0 Å². The van der Waals surface area contributed by atoms with Crippen molar-refractivity contribution >= 4 is 16.6 Å². The highest BCUT2D eigenvalue weighted by molar-refractivity contribution is 5.98. The van der Waals surface area contributed by atoms with Crippen molar-refractivity contribution in [3.05, 3.63) is 89.0 Å². The Morgan fingerprint density at radius 1 is 0.968 bits per heavy atom. The van der Waals surface area contributed by atoms with Crippen molar-refractivity contribution in [2.45, 2.75) is 31.6 Å². The summed E-state index contributed by atoms with van der Waals surface area (Å²) >= 11 is 0. The number of hydrogen-bond acceptors (Lipinski definition) is 3. The Morgan fingerprint density at radius 2 is 1.74 bits per heavy atom. The molecule has 0 amide bonds. The summed E-state index contributed by atoms with van der Waals surface area (Å²) in [6, 6.07) is 23.1. The van der Waals surface area contributed by atoms with Gasteiger partial charge in [0.25, 0.3) is 0 Å². The smallest absolute Gasteiger partial charge is 0.250 e. The van der Waals surface area contributed by atoms with E-state index in [9.17, 15) is 4.79 Å². The van der Waals surface area contributed by atoms with Crippen LogP contribution in [-0.2, 0) is 5.41 Å². The van der Waals surface area contributed by atoms with Gasteiger partial charge in [0.2, 0.25) is 0 Å². The quantitative estimate of drug-likeness (QED) is 0.439. The molecule has 1 fully saturated rings. The van der Waals surface area contributed by atoms with Crippen molar-refractivity contribution in [1.82, 2.24) is 19.6 Å². The summed E-state index contributed by atoms with van der Waals surface area (Å²) in [5.41, 5.74) is 7.02. The predicted octanol–water partition coefficient (Wildman–Crippen LogP) is 5.35. The van der Waals surface area contributed by atoms with Crippen LogP contribution < -0.4 is 5.69 Å². The number of nitrogens with zero attached hydrogens (tertiary/aromatic N) is 3. The Labute approximate surface area is 179 Å². The second-order valence-corrected chi connectivity index (χ2v) is 8.71. The fourth-order valence-electron chi connectivity index (χ4n) is 4.70. The maximum atomic E-state index is 12.0. The molecule has 0 saturated heterocycles. The summed E-state index contributed by atoms with van der Waals surface area (Å²) in [6.45, 7) is 2.35. The van der Waals surface area contributed by atoms with Crippen LogP contribution in [0.1, 0.15) is 31.7 Å². The number of rotatable bonds is 3. The minimum Gasteiger partial charge on any atom is -0.250 e. The van der Waals surface area contributed by atoms with Gasteiger partial charge in [-0.05, 0) is 41.5 Å². The van der Waals surface area contributed by atoms with Crippen molar-refractivity contribution in [1.29, 1.82) is 0 Å². The number of benzene rings is 2. The first-order valence-corrected chi connectivity index (χ1v) is 10.7. The highest BCUT2D eigenvalue weighted by Crippen LogP contribution is 2.44. The molecule has 31 heavy (non-hydrogen) atoms. The summed E-state index contributed by atoms with van der Waals surface area (Å²) < 4.78 is 1.52. The zero-order valence-corrected chi connectivity index (χ0v) is 17.3. The Hall–Kier alpha value is -3.73. The van der Waals surface area contributed by atoms with Gasteiger partial charge in [0, 0.05) is 22.7 Å². The van der Waals surface area contributed by atoms with E-state index in [1.807, 2.05) is 24.3 Å². The predicted molar refractivity (Wildman–Crippen MR) is 123 cm³/mol. The van der Waals surface area contributed by atoms with Crippen LogP contribution in [0.5, 0.6) is 0 Å². The molecule has 1 N–H and O–H groups in total. The molecule has 1 saturated carbocycles. The van der Waals surface area contributed by atoms with Crippen molar-refractivity contribution < 1.29 is 0 Å². The van der Waals surface area contributed by atoms with E-state index >= 15 is 0 Å². The van der Waals surface area contributed by atoms with E-state index in [0.717, 1.165) is 33.3 Å². The molecule has 3 heterocycles. The lowest BCUT2D eigenvalue weighted by Gasteiger charge is -2.39. The van der Waals surface area contributed by atoms with E-state index in [1.165, 1.54) is 29.2 Å². The molecule has 0 spiro atoms. The molecular weight excluding hydrogens is 384 g/mol. The van der Waals surface area contributed by atoms with Gasteiger partial charge >= 0.3 is 5.69 Å². The molecule has 5 aromatic rings. The van der Waals surface area contributed by atoms with Gasteiger partial charge in [0.05, 0.1) is 11.2 Å². The summed E-state index contributed by atoms with van der Waals surface area (Å²) in [7, 11) is 0. The first kappa shape index (κ1) is 18.1. The number of nitrogens with one attached hydrogen (secondary N) is 1. The standard InChI is InChI=1S/C26H22N4O/c1-26(13-5-14-26)19-10-8-18(9-11-19)23-20(17-6-3-2-4-7-17)16-21-22(27-23)12-15-30-24(21)28-29-25(30)31/h2-4,6-12,15-16H,5,13-14H2,1H3,(H,29,31). The summed E-state index contributed by atoms with van der Waals surface area (Å²) in [6.07, 6.45) is 5.56. The molecule has 1 aliphatic carbocycles. The third-order valence-electron chi connectivity index (χ3n) is 6.78. The maximum absolute atomic E-state index is 12.0. The molecule has 0 radical (unpaired) electrons. The van der Waals surface area contributed by atoms with Crippen LogP contribution >= 0.6 is 0 Å². The summed E-state index contributed by atoms with van der Waals surface area (Å²) in [4.78, 5) is 17.1. The van der Waals surface area contributed by atoms with Crippen LogP contribution in [0.15, 0.2) is 77.7 Å². The van der Waals surface area contributed by atoms with E-state index in [-0.39, 0.29) is 5.69 Å². The summed E-state index contributed by atoms with van der Waals surface area (Å²) in [5.74, 6) is 0. The number of pyridine rings is 2. The van der Waals surface area contributed by atoms with Crippen molar-refractivity contribution in [2.75, 3.05) is 0 Å². The van der Waals surface area contributed by atoms with Crippen molar-refractivity contribution in [3.8, 4) is 22.4 Å². The van der Waals surface area contributed by atoms with Crippen molar-refractivity contribution in [2.24, 2.45) is 0 Å².